The molecule has 0 bridgehead atoms. The second kappa shape index (κ2) is 7.69. The fourth-order valence-electron chi connectivity index (χ4n) is 1.39. The Balaban J connectivity index is 3.55. The summed E-state index contributed by atoms with van der Waals surface area (Å²) >= 11 is 0. The van der Waals surface area contributed by atoms with Gasteiger partial charge in [-0.2, -0.15) is 0 Å². The van der Waals surface area contributed by atoms with E-state index in [0.717, 1.165) is 25.9 Å². The van der Waals surface area contributed by atoms with Gasteiger partial charge >= 0.3 is 0 Å². The zero-order valence-electron chi connectivity index (χ0n) is 10.6. The van der Waals surface area contributed by atoms with Gasteiger partial charge in [-0.25, -0.2) is 0 Å². The molecule has 0 atom stereocenters. The molecule has 1 N–H and O–H groups in total. The van der Waals surface area contributed by atoms with Crippen LogP contribution in [0, 0.1) is 0 Å². The Morgan fingerprint density at radius 3 is 2.53 bits per heavy atom. The molecule has 0 aromatic carbocycles. The molecule has 0 fully saturated rings. The van der Waals surface area contributed by atoms with Crippen LogP contribution < -0.4 is 5.32 Å². The van der Waals surface area contributed by atoms with Gasteiger partial charge < -0.3 is 10.1 Å². The molecular weight excluding hydrogens is 190 g/mol. The number of unbranched alkanes of at least 4 members (excludes halogenated alkanes) is 1. The number of carbonyl (C=O) groups excluding carboxylic acids is 1. The van der Waals surface area contributed by atoms with Gasteiger partial charge in [-0.3, -0.25) is 4.79 Å². The van der Waals surface area contributed by atoms with Gasteiger partial charge in [0.2, 0.25) is 5.91 Å². The molecular formula is C12H25NO2. The molecule has 0 heterocycles. The molecule has 1 amide bonds. The molecule has 0 aliphatic carbocycles. The maximum Gasteiger partial charge on any atom is 0.219 e. The maximum absolute atomic E-state index is 11.3. The number of ether oxygens (including phenoxy) is 1. The summed E-state index contributed by atoms with van der Waals surface area (Å²) in [6.45, 7) is 9.60. The minimum atomic E-state index is -0.132. The Morgan fingerprint density at radius 1 is 1.33 bits per heavy atom. The Kier molecular flexibility index (Phi) is 7.39. The van der Waals surface area contributed by atoms with E-state index in [1.807, 2.05) is 6.92 Å². The average Bonchev–Trinajstić information content (AvgIpc) is 2.14. The lowest BCUT2D eigenvalue weighted by molar-refractivity contribution is -0.121. The number of amides is 1. The third-order valence-electron chi connectivity index (χ3n) is 2.34. The van der Waals surface area contributed by atoms with E-state index in [1.54, 1.807) is 0 Å². The first-order valence-corrected chi connectivity index (χ1v) is 5.92. The van der Waals surface area contributed by atoms with Crippen molar-refractivity contribution in [1.82, 2.24) is 5.32 Å². The van der Waals surface area contributed by atoms with Crippen molar-refractivity contribution in [3.05, 3.63) is 0 Å². The first kappa shape index (κ1) is 14.4. The van der Waals surface area contributed by atoms with Crippen LogP contribution in [0.25, 0.3) is 0 Å². The molecule has 0 aromatic heterocycles. The summed E-state index contributed by atoms with van der Waals surface area (Å²) in [5, 5.41) is 2.91. The van der Waals surface area contributed by atoms with Gasteiger partial charge in [0.05, 0.1) is 5.60 Å². The second-order valence-corrected chi connectivity index (χ2v) is 4.40. The van der Waals surface area contributed by atoms with E-state index in [4.69, 9.17) is 4.74 Å². The van der Waals surface area contributed by atoms with Crippen LogP contribution in [-0.4, -0.2) is 24.7 Å². The Morgan fingerprint density at radius 2 is 2.00 bits per heavy atom. The zero-order valence-corrected chi connectivity index (χ0v) is 10.6. The summed E-state index contributed by atoms with van der Waals surface area (Å²) in [5.74, 6) is 0.157. The monoisotopic (exact) mass is 215 g/mol. The molecule has 0 saturated heterocycles. The predicted octanol–water partition coefficient (Wildman–Crippen LogP) is 2.50. The number of nitrogens with one attached hydrogen (secondary N) is 1. The number of carbonyl (C=O) groups is 1. The fourth-order valence-corrected chi connectivity index (χ4v) is 1.39. The third-order valence-corrected chi connectivity index (χ3v) is 2.34. The summed E-state index contributed by atoms with van der Waals surface area (Å²) in [4.78, 5) is 11.3. The standard InChI is InChI=1S/C12H25NO2/c1-5-7-8-11(14)13-10-9-12(3,4)15-6-2/h5-10H2,1-4H3,(H,13,14). The Bertz CT molecular complexity index is 178. The minimum Gasteiger partial charge on any atom is -0.376 e. The molecule has 15 heavy (non-hydrogen) atoms. The first-order valence-electron chi connectivity index (χ1n) is 5.92. The largest absolute Gasteiger partial charge is 0.376 e. The van der Waals surface area contributed by atoms with Gasteiger partial charge in [-0.15, -0.1) is 0 Å². The zero-order chi connectivity index (χ0) is 11.7. The average molecular weight is 215 g/mol. The van der Waals surface area contributed by atoms with Crippen LogP contribution in [0.2, 0.25) is 0 Å². The van der Waals surface area contributed by atoms with Crippen molar-refractivity contribution in [2.45, 2.75) is 59.0 Å². The molecule has 0 unspecified atom stereocenters. The molecule has 0 spiro atoms. The summed E-state index contributed by atoms with van der Waals surface area (Å²) in [5.41, 5.74) is -0.132. The quantitative estimate of drug-likeness (QED) is 0.675. The van der Waals surface area contributed by atoms with Gasteiger partial charge in [0.15, 0.2) is 0 Å². The predicted molar refractivity (Wildman–Crippen MR) is 62.9 cm³/mol. The second-order valence-electron chi connectivity index (χ2n) is 4.40. The lowest BCUT2D eigenvalue weighted by atomic mass is 10.1. The fraction of sp³-hybridized carbons (Fsp3) is 0.917. The lowest BCUT2D eigenvalue weighted by Crippen LogP contribution is -2.32. The van der Waals surface area contributed by atoms with Crippen LogP contribution in [0.5, 0.6) is 0 Å². The van der Waals surface area contributed by atoms with E-state index >= 15 is 0 Å². The topological polar surface area (TPSA) is 38.3 Å². The highest BCUT2D eigenvalue weighted by atomic mass is 16.5. The third kappa shape index (κ3) is 8.43. The molecule has 90 valence electrons. The molecule has 0 rings (SSSR count). The summed E-state index contributed by atoms with van der Waals surface area (Å²) in [6.07, 6.45) is 3.54. The first-order chi connectivity index (χ1) is 7.02. The SMILES string of the molecule is CCCCC(=O)NCCC(C)(C)OCC. The Labute approximate surface area is 93.6 Å². The van der Waals surface area contributed by atoms with Crippen molar-refractivity contribution >= 4 is 5.91 Å². The molecule has 0 radical (unpaired) electrons. The highest BCUT2D eigenvalue weighted by Gasteiger charge is 2.16. The van der Waals surface area contributed by atoms with Crippen molar-refractivity contribution in [2.24, 2.45) is 0 Å². The van der Waals surface area contributed by atoms with Crippen LogP contribution in [0.15, 0.2) is 0 Å². The van der Waals surface area contributed by atoms with Gasteiger partial charge in [-0.05, 0) is 33.6 Å². The van der Waals surface area contributed by atoms with Crippen LogP contribution in [-0.2, 0) is 9.53 Å². The van der Waals surface area contributed by atoms with Crippen molar-refractivity contribution < 1.29 is 9.53 Å². The van der Waals surface area contributed by atoms with Gasteiger partial charge in [0, 0.05) is 19.6 Å². The molecule has 0 saturated carbocycles. The van der Waals surface area contributed by atoms with Crippen molar-refractivity contribution in [2.75, 3.05) is 13.2 Å². The van der Waals surface area contributed by atoms with Gasteiger partial charge in [0.25, 0.3) is 0 Å². The van der Waals surface area contributed by atoms with E-state index in [1.165, 1.54) is 0 Å². The molecule has 3 nitrogen and oxygen atoms in total. The van der Waals surface area contributed by atoms with Crippen molar-refractivity contribution in [3.8, 4) is 0 Å². The molecule has 3 heteroatoms. The van der Waals surface area contributed by atoms with Crippen LogP contribution in [0.3, 0.4) is 0 Å². The molecule has 0 aliphatic heterocycles. The molecule has 0 aliphatic rings. The van der Waals surface area contributed by atoms with E-state index in [0.29, 0.717) is 13.0 Å². The number of hydrogen-bond acceptors (Lipinski definition) is 2. The van der Waals surface area contributed by atoms with E-state index < -0.39 is 0 Å². The van der Waals surface area contributed by atoms with Crippen LogP contribution in [0.4, 0.5) is 0 Å². The maximum atomic E-state index is 11.3. The van der Waals surface area contributed by atoms with Gasteiger partial charge in [-0.1, -0.05) is 13.3 Å². The summed E-state index contributed by atoms with van der Waals surface area (Å²) in [7, 11) is 0. The van der Waals surface area contributed by atoms with Crippen molar-refractivity contribution in [1.29, 1.82) is 0 Å². The summed E-state index contributed by atoms with van der Waals surface area (Å²) < 4.78 is 5.54. The van der Waals surface area contributed by atoms with E-state index in [2.05, 4.69) is 26.1 Å². The normalized spacial score (nSPS) is 11.5. The summed E-state index contributed by atoms with van der Waals surface area (Å²) in [6, 6.07) is 0. The van der Waals surface area contributed by atoms with Crippen molar-refractivity contribution in [3.63, 3.8) is 0 Å². The van der Waals surface area contributed by atoms with Gasteiger partial charge in [0.1, 0.15) is 0 Å². The number of hydrogen-bond donors (Lipinski definition) is 1. The van der Waals surface area contributed by atoms with Crippen LogP contribution >= 0.6 is 0 Å². The highest BCUT2D eigenvalue weighted by Crippen LogP contribution is 2.12. The highest BCUT2D eigenvalue weighted by molar-refractivity contribution is 5.75. The Hall–Kier alpha value is -0.570. The lowest BCUT2D eigenvalue weighted by Gasteiger charge is -2.24. The minimum absolute atomic E-state index is 0.132. The molecule has 0 aromatic rings. The number of rotatable bonds is 8. The van der Waals surface area contributed by atoms with E-state index in [9.17, 15) is 4.79 Å². The van der Waals surface area contributed by atoms with E-state index in [-0.39, 0.29) is 11.5 Å². The van der Waals surface area contributed by atoms with Crippen LogP contribution in [0.1, 0.15) is 53.4 Å². The smallest absolute Gasteiger partial charge is 0.219 e.